The van der Waals surface area contributed by atoms with Gasteiger partial charge in [0.1, 0.15) is 27.7 Å². The van der Waals surface area contributed by atoms with E-state index < -0.39 is 51.1 Å². The summed E-state index contributed by atoms with van der Waals surface area (Å²) in [5.74, 6) is -0.171. The fourth-order valence-electron chi connectivity index (χ4n) is 5.77. The van der Waals surface area contributed by atoms with E-state index in [0.29, 0.717) is 24.3 Å². The number of hydrogen-bond donors (Lipinski definition) is 2. The second-order valence-corrected chi connectivity index (χ2v) is 16.0. The van der Waals surface area contributed by atoms with Gasteiger partial charge in [-0.2, -0.15) is 0 Å². The average Bonchev–Trinajstić information content (AvgIpc) is 3.84. The van der Waals surface area contributed by atoms with Gasteiger partial charge in [0.05, 0.1) is 5.69 Å². The molecule has 3 fully saturated rings. The first kappa shape index (κ1) is 30.8. The number of fused-ring (bicyclic) bond motifs is 1. The molecule has 5 atom stereocenters. The van der Waals surface area contributed by atoms with Crippen LogP contribution in [0.5, 0.6) is 0 Å². The monoisotopic (exact) mass is 598 g/mol. The van der Waals surface area contributed by atoms with Gasteiger partial charge in [0, 0.05) is 29.8 Å². The van der Waals surface area contributed by atoms with E-state index in [2.05, 4.69) is 15.0 Å². The maximum atomic E-state index is 15.3. The van der Waals surface area contributed by atoms with Gasteiger partial charge in [0.25, 0.3) is 0 Å². The molecule has 2 amide bonds. The molecule has 2 heterocycles. The minimum absolute atomic E-state index is 0.0230. The Morgan fingerprint density at radius 3 is 2.38 bits per heavy atom. The van der Waals surface area contributed by atoms with E-state index in [4.69, 9.17) is 4.74 Å². The van der Waals surface area contributed by atoms with Crippen molar-refractivity contribution in [3.8, 4) is 0 Å². The number of pyridine rings is 1. The Morgan fingerprint density at radius 2 is 1.76 bits per heavy atom. The average molecular weight is 599 g/mol. The van der Waals surface area contributed by atoms with Gasteiger partial charge < -0.3 is 14.6 Å². The van der Waals surface area contributed by atoms with Crippen LogP contribution in [0.3, 0.4) is 0 Å². The molecule has 8 nitrogen and oxygen atoms in total. The number of carbonyl (C=O) groups is 2. The van der Waals surface area contributed by atoms with E-state index in [1.807, 2.05) is 32.9 Å². The molecule has 3 aliphatic rings. The number of ether oxygens (including phenoxy) is 1. The van der Waals surface area contributed by atoms with Crippen LogP contribution >= 0.6 is 0 Å². The molecule has 228 valence electrons. The van der Waals surface area contributed by atoms with Crippen LogP contribution in [0.15, 0.2) is 42.7 Å². The van der Waals surface area contributed by atoms with Gasteiger partial charge in [-0.05, 0) is 114 Å². The van der Waals surface area contributed by atoms with Crippen molar-refractivity contribution in [3.63, 3.8) is 0 Å². The minimum atomic E-state index is -1.45. The molecule has 0 spiro atoms. The third kappa shape index (κ3) is 6.76. The molecule has 1 aliphatic heterocycles. The Balaban J connectivity index is 1.47. The number of rotatable bonds is 9. The molecule has 1 aromatic heterocycles. The highest BCUT2D eigenvalue weighted by molar-refractivity contribution is 7.90. The molecule has 1 saturated heterocycles. The number of halogens is 1. The van der Waals surface area contributed by atoms with Gasteiger partial charge in [-0.15, -0.1) is 4.72 Å². The van der Waals surface area contributed by atoms with Crippen molar-refractivity contribution < 1.29 is 23.3 Å². The molecule has 42 heavy (non-hydrogen) atoms. The number of anilines is 1. The van der Waals surface area contributed by atoms with Crippen LogP contribution in [0, 0.1) is 17.7 Å². The zero-order valence-electron chi connectivity index (χ0n) is 25.4. The fraction of sp³-hybridized carbons (Fsp3) is 0.594. The number of amides is 2. The molecule has 1 unspecified atom stereocenters. The zero-order chi connectivity index (χ0) is 30.4. The number of likely N-dealkylation sites (tertiary alicyclic amines) is 1. The number of carbonyl (C=O) groups excluding carboxylic acids is 2. The Hall–Kier alpha value is -2.69. The van der Waals surface area contributed by atoms with Crippen molar-refractivity contribution in [2.75, 3.05) is 5.32 Å². The van der Waals surface area contributed by atoms with Crippen molar-refractivity contribution in [1.82, 2.24) is 14.6 Å². The van der Waals surface area contributed by atoms with Gasteiger partial charge in [-0.25, -0.2) is 9.18 Å². The van der Waals surface area contributed by atoms with Crippen LogP contribution in [0.1, 0.15) is 91.2 Å². The number of piperidine rings is 1. The van der Waals surface area contributed by atoms with Gasteiger partial charge in [-0.3, -0.25) is 14.7 Å². The summed E-state index contributed by atoms with van der Waals surface area (Å²) in [6, 6.07) is 7.71. The summed E-state index contributed by atoms with van der Waals surface area (Å²) in [5, 5.41) is 2.79. The van der Waals surface area contributed by atoms with E-state index in [9.17, 15) is 14.1 Å². The highest BCUT2D eigenvalue weighted by Crippen LogP contribution is 2.49. The predicted octanol–water partition coefficient (Wildman–Crippen LogP) is 6.04. The third-order valence-electron chi connectivity index (χ3n) is 8.35. The van der Waals surface area contributed by atoms with E-state index in [1.165, 1.54) is 11.0 Å². The Bertz CT molecular complexity index is 1310. The number of hydrogen-bond acceptors (Lipinski definition) is 6. The Labute approximate surface area is 251 Å². The van der Waals surface area contributed by atoms with Crippen LogP contribution < -0.4 is 10.0 Å². The summed E-state index contributed by atoms with van der Waals surface area (Å²) in [7, 11) is 0. The summed E-state index contributed by atoms with van der Waals surface area (Å²) in [5.41, 5.74) is -0.0134. The summed E-state index contributed by atoms with van der Waals surface area (Å²) < 4.78 is 37.4. The first-order chi connectivity index (χ1) is 19.7. The normalized spacial score (nSPS) is 24.0. The molecule has 2 saturated carbocycles. The number of aromatic nitrogens is 1. The van der Waals surface area contributed by atoms with Gasteiger partial charge >= 0.3 is 6.09 Å². The summed E-state index contributed by atoms with van der Waals surface area (Å²) in [4.78, 5) is 32.3. The largest absolute Gasteiger partial charge is 0.598 e. The van der Waals surface area contributed by atoms with Crippen molar-refractivity contribution in [2.45, 2.75) is 108 Å². The SMILES string of the molecule is CC(C)(C)OC(=O)N1[C@@H](C(=O)Nc2cc(C(CCC3CC3)(N[S@@+]([O-])C(C)(C)C)c3ccncc3)ccc2F)C[C@H]2C[C@H]21. The highest BCUT2D eigenvalue weighted by atomic mass is 32.2. The quantitative estimate of drug-likeness (QED) is 0.341. The lowest BCUT2D eigenvalue weighted by Gasteiger charge is -2.39. The fourth-order valence-corrected chi connectivity index (χ4v) is 6.73. The molecule has 5 rings (SSSR count). The topological polar surface area (TPSA) is 107 Å². The zero-order valence-corrected chi connectivity index (χ0v) is 26.2. The van der Waals surface area contributed by atoms with Crippen molar-refractivity contribution >= 4 is 29.0 Å². The van der Waals surface area contributed by atoms with Crippen LogP contribution in [0.2, 0.25) is 0 Å². The molecule has 2 N–H and O–H groups in total. The third-order valence-corrected chi connectivity index (χ3v) is 10.00. The lowest BCUT2D eigenvalue weighted by molar-refractivity contribution is -0.121. The summed E-state index contributed by atoms with van der Waals surface area (Å²) in [6.07, 6.45) is 8.12. The molecule has 10 heteroatoms. The Kier molecular flexibility index (Phi) is 8.37. The van der Waals surface area contributed by atoms with E-state index in [0.717, 1.165) is 31.2 Å². The molecule has 1 aromatic carbocycles. The standard InChI is InChI=1S/C32H43FN4O4S/c1-30(2,3)41-29(39)37-26-17-21(26)18-27(37)28(38)35-25-19-23(9-10-24(25)33)32(14-11-20-7-8-20,22-12-15-34-16-13-22)36-42(40)31(4,5)6/h9-10,12-13,15-16,19-21,26-27,36H,7-8,11,14,17-18H2,1-6H3,(H,35,38)/t21-,26-,27-,32?,42+/m1/s1. The van der Waals surface area contributed by atoms with Crippen LogP contribution in [0.4, 0.5) is 14.9 Å². The first-order valence-electron chi connectivity index (χ1n) is 14.9. The van der Waals surface area contributed by atoms with E-state index >= 15 is 4.39 Å². The smallest absolute Gasteiger partial charge is 0.411 e. The van der Waals surface area contributed by atoms with Crippen LogP contribution in [0.25, 0.3) is 0 Å². The highest BCUT2D eigenvalue weighted by Gasteiger charge is 2.57. The first-order valence-corrected chi connectivity index (χ1v) is 16.1. The summed E-state index contributed by atoms with van der Waals surface area (Å²) in [6.45, 7) is 11.1. The predicted molar refractivity (Wildman–Crippen MR) is 161 cm³/mol. The van der Waals surface area contributed by atoms with Crippen molar-refractivity contribution in [1.29, 1.82) is 0 Å². The molecule has 2 aromatic rings. The number of benzene rings is 1. The second-order valence-electron chi connectivity index (χ2n) is 14.0. The maximum absolute atomic E-state index is 15.3. The minimum Gasteiger partial charge on any atom is -0.598 e. The maximum Gasteiger partial charge on any atom is 0.411 e. The lowest BCUT2D eigenvalue weighted by atomic mass is 9.79. The van der Waals surface area contributed by atoms with Crippen LogP contribution in [-0.4, -0.2) is 48.9 Å². The second kappa shape index (κ2) is 11.4. The molecule has 2 aliphatic carbocycles. The van der Waals surface area contributed by atoms with Gasteiger partial charge in [0.15, 0.2) is 0 Å². The molecule has 0 radical (unpaired) electrons. The number of nitrogens with zero attached hydrogens (tertiary/aromatic N) is 2. The molecule has 0 bridgehead atoms. The van der Waals surface area contributed by atoms with Gasteiger partial charge in [0.2, 0.25) is 5.91 Å². The molecular weight excluding hydrogens is 555 g/mol. The van der Waals surface area contributed by atoms with Gasteiger partial charge in [-0.1, -0.05) is 18.9 Å². The number of nitrogens with one attached hydrogen (secondary N) is 2. The van der Waals surface area contributed by atoms with Crippen molar-refractivity contribution in [3.05, 3.63) is 59.7 Å². The Morgan fingerprint density at radius 1 is 1.07 bits per heavy atom. The van der Waals surface area contributed by atoms with E-state index in [-0.39, 0.29) is 17.6 Å². The summed E-state index contributed by atoms with van der Waals surface area (Å²) >= 11 is -1.45. The van der Waals surface area contributed by atoms with Crippen LogP contribution in [-0.2, 0) is 26.4 Å². The lowest BCUT2D eigenvalue weighted by Crippen LogP contribution is -2.52. The van der Waals surface area contributed by atoms with Crippen molar-refractivity contribution in [2.24, 2.45) is 11.8 Å². The van der Waals surface area contributed by atoms with E-state index in [1.54, 1.807) is 45.3 Å². The molecular formula is C32H43FN4O4S.